The van der Waals surface area contributed by atoms with E-state index in [1.54, 1.807) is 6.20 Å². The van der Waals surface area contributed by atoms with Crippen molar-refractivity contribution >= 4 is 22.8 Å². The Labute approximate surface area is 176 Å². The van der Waals surface area contributed by atoms with E-state index in [0.717, 1.165) is 41.3 Å². The van der Waals surface area contributed by atoms with Crippen LogP contribution in [-0.4, -0.2) is 37.6 Å². The monoisotopic (exact) mass is 410 g/mol. The zero-order chi connectivity index (χ0) is 20.2. The summed E-state index contributed by atoms with van der Waals surface area (Å²) in [5.74, 6) is 1.33. The molecule has 6 nitrogen and oxygen atoms in total. The van der Waals surface area contributed by atoms with Crippen molar-refractivity contribution in [3.05, 3.63) is 46.9 Å². The van der Waals surface area contributed by atoms with Gasteiger partial charge in [0.05, 0.1) is 18.6 Å². The third-order valence-corrected chi connectivity index (χ3v) is 6.77. The zero-order valence-electron chi connectivity index (χ0n) is 17.2. The molecule has 4 heterocycles. The summed E-state index contributed by atoms with van der Waals surface area (Å²) in [5, 5.41) is 3.98. The molecule has 1 spiro atoms. The smallest absolute Gasteiger partial charge is 0.164 e. The third kappa shape index (κ3) is 3.32. The summed E-state index contributed by atoms with van der Waals surface area (Å²) in [6.45, 7) is 9.38. The van der Waals surface area contributed by atoms with Gasteiger partial charge in [-0.15, -0.1) is 0 Å². The molecular weight excluding hydrogens is 384 g/mol. The van der Waals surface area contributed by atoms with Gasteiger partial charge in [0, 0.05) is 36.2 Å². The highest BCUT2D eigenvalue weighted by atomic mass is 35.5. The van der Waals surface area contributed by atoms with Crippen LogP contribution in [0.1, 0.15) is 63.0 Å². The molecule has 2 fully saturated rings. The quantitative estimate of drug-likeness (QED) is 0.659. The molecule has 0 bridgehead atoms. The largest absolute Gasteiger partial charge is 0.316 e. The van der Waals surface area contributed by atoms with Crippen LogP contribution in [-0.2, 0) is 12.0 Å². The van der Waals surface area contributed by atoms with Gasteiger partial charge in [-0.3, -0.25) is 0 Å². The zero-order valence-corrected chi connectivity index (χ0v) is 18.0. The van der Waals surface area contributed by atoms with Gasteiger partial charge in [0.15, 0.2) is 5.65 Å². The Morgan fingerprint density at radius 3 is 2.72 bits per heavy atom. The van der Waals surface area contributed by atoms with Crippen LogP contribution in [0.3, 0.4) is 0 Å². The molecule has 1 N–H and O–H groups in total. The maximum atomic E-state index is 6.30. The summed E-state index contributed by atoms with van der Waals surface area (Å²) in [7, 11) is 0. The van der Waals surface area contributed by atoms with Crippen molar-refractivity contribution in [2.75, 3.05) is 13.1 Å². The van der Waals surface area contributed by atoms with Crippen molar-refractivity contribution in [2.45, 2.75) is 57.9 Å². The van der Waals surface area contributed by atoms with E-state index in [0.29, 0.717) is 23.0 Å². The first kappa shape index (κ1) is 18.9. The predicted octanol–water partition coefficient (Wildman–Crippen LogP) is 4.08. The molecule has 3 aromatic heterocycles. The average molecular weight is 411 g/mol. The van der Waals surface area contributed by atoms with Gasteiger partial charge in [-0.25, -0.2) is 19.9 Å². The molecule has 152 valence electrons. The molecule has 7 heteroatoms. The molecule has 2 aliphatic rings. The van der Waals surface area contributed by atoms with Crippen LogP contribution in [0.15, 0.2) is 24.7 Å². The number of aromatic nitrogens is 5. The van der Waals surface area contributed by atoms with Crippen molar-refractivity contribution < 1.29 is 0 Å². The molecule has 1 saturated heterocycles. The van der Waals surface area contributed by atoms with E-state index < -0.39 is 0 Å². The molecule has 0 aromatic carbocycles. The summed E-state index contributed by atoms with van der Waals surface area (Å²) in [6, 6.07) is 3.91. The van der Waals surface area contributed by atoms with Crippen LogP contribution in [0, 0.1) is 5.41 Å². The van der Waals surface area contributed by atoms with E-state index in [9.17, 15) is 0 Å². The Balaban J connectivity index is 1.59. The first-order valence-electron chi connectivity index (χ1n) is 10.4. The Morgan fingerprint density at radius 2 is 2.07 bits per heavy atom. The first-order valence-corrected chi connectivity index (χ1v) is 10.8. The number of rotatable bonds is 3. The summed E-state index contributed by atoms with van der Waals surface area (Å²) in [5.41, 5.74) is 4.26. The lowest BCUT2D eigenvalue weighted by Gasteiger charge is -2.39. The number of fused-ring (bicyclic) bond motifs is 1. The van der Waals surface area contributed by atoms with Crippen LogP contribution >= 0.6 is 11.6 Å². The third-order valence-electron chi connectivity index (χ3n) is 6.43. The van der Waals surface area contributed by atoms with Crippen LogP contribution in [0.5, 0.6) is 0 Å². The standard InChI is InChI=1S/C22H27ClN6/c1-21(2,3)20-27-16(14-6-7-22(9-14)11-24-12-22)17-19(28-20)29(13-26-17)10-15-5-4-8-25-18(15)23/h4-5,8,13-14,24H,6-7,9-12H2,1-3H3. The molecule has 1 atom stereocenters. The maximum absolute atomic E-state index is 6.30. The number of nitrogens with zero attached hydrogens (tertiary/aromatic N) is 5. The van der Waals surface area contributed by atoms with Gasteiger partial charge in [0.1, 0.15) is 16.5 Å². The molecule has 29 heavy (non-hydrogen) atoms. The Bertz CT molecular complexity index is 1060. The van der Waals surface area contributed by atoms with Gasteiger partial charge in [0.2, 0.25) is 0 Å². The van der Waals surface area contributed by atoms with Gasteiger partial charge in [-0.1, -0.05) is 38.4 Å². The molecule has 1 unspecified atom stereocenters. The van der Waals surface area contributed by atoms with Crippen LogP contribution < -0.4 is 5.32 Å². The molecule has 0 amide bonds. The lowest BCUT2D eigenvalue weighted by atomic mass is 9.79. The topological polar surface area (TPSA) is 68.5 Å². The number of halogens is 1. The number of imidazole rings is 1. The number of hydrogen-bond donors (Lipinski definition) is 1. The summed E-state index contributed by atoms with van der Waals surface area (Å²) in [6.07, 6.45) is 7.22. The summed E-state index contributed by atoms with van der Waals surface area (Å²) in [4.78, 5) is 19.0. The van der Waals surface area contributed by atoms with Crippen LogP contribution in [0.2, 0.25) is 5.15 Å². The van der Waals surface area contributed by atoms with Crippen molar-refractivity contribution in [1.82, 2.24) is 29.8 Å². The van der Waals surface area contributed by atoms with E-state index >= 15 is 0 Å². The van der Waals surface area contributed by atoms with E-state index in [-0.39, 0.29) is 5.41 Å². The minimum absolute atomic E-state index is 0.127. The van der Waals surface area contributed by atoms with Crippen LogP contribution in [0.4, 0.5) is 0 Å². The van der Waals surface area contributed by atoms with Crippen LogP contribution in [0.25, 0.3) is 11.2 Å². The van der Waals surface area contributed by atoms with Gasteiger partial charge >= 0.3 is 0 Å². The molecule has 1 aliphatic carbocycles. The van der Waals surface area contributed by atoms with Gasteiger partial charge in [0.25, 0.3) is 0 Å². The Morgan fingerprint density at radius 1 is 1.24 bits per heavy atom. The minimum atomic E-state index is -0.127. The van der Waals surface area contributed by atoms with Gasteiger partial charge < -0.3 is 9.88 Å². The number of nitrogens with one attached hydrogen (secondary N) is 1. The highest BCUT2D eigenvalue weighted by molar-refractivity contribution is 6.30. The SMILES string of the molecule is CC(C)(C)c1nc(C2CCC3(CNC3)C2)c2ncn(Cc3cccnc3Cl)c2n1. The first-order chi connectivity index (χ1) is 13.8. The van der Waals surface area contributed by atoms with E-state index in [4.69, 9.17) is 26.6 Å². The van der Waals surface area contributed by atoms with Gasteiger partial charge in [-0.2, -0.15) is 0 Å². The molecule has 5 rings (SSSR count). The summed E-state index contributed by atoms with van der Waals surface area (Å²) < 4.78 is 2.08. The average Bonchev–Trinajstić information content (AvgIpc) is 3.27. The highest BCUT2D eigenvalue weighted by Gasteiger charge is 2.45. The fraction of sp³-hybridized carbons (Fsp3) is 0.545. The Hall–Kier alpha value is -2.05. The van der Waals surface area contributed by atoms with Crippen molar-refractivity contribution in [3.8, 4) is 0 Å². The van der Waals surface area contributed by atoms with E-state index in [1.807, 2.05) is 18.5 Å². The molecular formula is C22H27ClN6. The van der Waals surface area contributed by atoms with E-state index in [1.165, 1.54) is 19.3 Å². The number of pyridine rings is 1. The fourth-order valence-corrected chi connectivity index (χ4v) is 4.84. The lowest BCUT2D eigenvalue weighted by Crippen LogP contribution is -2.51. The van der Waals surface area contributed by atoms with Crippen molar-refractivity contribution in [1.29, 1.82) is 0 Å². The summed E-state index contributed by atoms with van der Waals surface area (Å²) >= 11 is 6.30. The molecule has 1 saturated carbocycles. The number of hydrogen-bond acceptors (Lipinski definition) is 5. The predicted molar refractivity (Wildman–Crippen MR) is 114 cm³/mol. The second kappa shape index (κ2) is 6.74. The second-order valence-electron chi connectivity index (χ2n) is 9.72. The minimum Gasteiger partial charge on any atom is -0.316 e. The normalized spacial score (nSPS) is 21.0. The molecule has 0 radical (unpaired) electrons. The van der Waals surface area contributed by atoms with Gasteiger partial charge in [-0.05, 0) is 30.7 Å². The fourth-order valence-electron chi connectivity index (χ4n) is 4.66. The Kier molecular flexibility index (Phi) is 4.40. The van der Waals surface area contributed by atoms with Crippen molar-refractivity contribution in [3.63, 3.8) is 0 Å². The maximum Gasteiger partial charge on any atom is 0.164 e. The second-order valence-corrected chi connectivity index (χ2v) is 10.1. The van der Waals surface area contributed by atoms with E-state index in [2.05, 4.69) is 35.6 Å². The molecule has 3 aromatic rings. The lowest BCUT2D eigenvalue weighted by molar-refractivity contribution is 0.175. The van der Waals surface area contributed by atoms with Crippen molar-refractivity contribution in [2.24, 2.45) is 5.41 Å². The molecule has 1 aliphatic heterocycles. The highest BCUT2D eigenvalue weighted by Crippen LogP contribution is 2.49.